The van der Waals surface area contributed by atoms with Gasteiger partial charge < -0.3 is 20.1 Å². The van der Waals surface area contributed by atoms with Gasteiger partial charge in [0, 0.05) is 22.6 Å². The highest BCUT2D eigenvalue weighted by Gasteiger charge is 2.36. The van der Waals surface area contributed by atoms with E-state index in [-0.39, 0.29) is 11.1 Å². The fraction of sp³-hybridized carbons (Fsp3) is 0.211. The number of aliphatic carboxylic acids is 1. The molecule has 2 aromatic rings. The number of fused-ring (bicyclic) bond motifs is 1. The van der Waals surface area contributed by atoms with Gasteiger partial charge in [-0.05, 0) is 32.0 Å². The second kappa shape index (κ2) is 6.41. The topological polar surface area (TPSA) is 115 Å². The van der Waals surface area contributed by atoms with Crippen molar-refractivity contribution in [3.05, 3.63) is 68.3 Å². The third-order valence-corrected chi connectivity index (χ3v) is 4.41. The molecule has 0 spiro atoms. The van der Waals surface area contributed by atoms with Crippen LogP contribution in [0.2, 0.25) is 0 Å². The minimum atomic E-state index is -1.13. The molecule has 3 rings (SSSR count). The number of hydrogen-bond donors (Lipinski definition) is 3. The zero-order valence-corrected chi connectivity index (χ0v) is 14.5. The molecule has 7 nitrogen and oxygen atoms in total. The number of rotatable bonds is 3. The zero-order valence-electron chi connectivity index (χ0n) is 14.5. The number of aromatic nitrogens is 1. The van der Waals surface area contributed by atoms with E-state index in [4.69, 9.17) is 10.00 Å². The van der Waals surface area contributed by atoms with E-state index in [9.17, 15) is 14.7 Å². The fourth-order valence-corrected chi connectivity index (χ4v) is 3.33. The molecule has 132 valence electrons. The number of hydrogen-bond acceptors (Lipinski definition) is 5. The summed E-state index contributed by atoms with van der Waals surface area (Å²) in [5.74, 6) is -1.60. The molecule has 0 saturated carbocycles. The smallest absolute Gasteiger partial charge is 0.334 e. The summed E-state index contributed by atoms with van der Waals surface area (Å²) < 4.78 is 5.38. The van der Waals surface area contributed by atoms with Gasteiger partial charge in [0.1, 0.15) is 5.75 Å². The highest BCUT2D eigenvalue weighted by Crippen LogP contribution is 2.43. The van der Waals surface area contributed by atoms with Gasteiger partial charge in [0.2, 0.25) is 0 Å². The predicted molar refractivity (Wildman–Crippen MR) is 95.3 cm³/mol. The number of anilines is 1. The summed E-state index contributed by atoms with van der Waals surface area (Å²) in [7, 11) is 1.44. The van der Waals surface area contributed by atoms with Gasteiger partial charge in [-0.3, -0.25) is 4.79 Å². The molecular formula is C19H17N3O4. The molecular weight excluding hydrogens is 334 g/mol. The van der Waals surface area contributed by atoms with Crippen molar-refractivity contribution in [1.82, 2.24) is 4.98 Å². The van der Waals surface area contributed by atoms with Crippen LogP contribution in [0.15, 0.2) is 40.3 Å². The maximum absolute atomic E-state index is 12.7. The second-order valence-corrected chi connectivity index (χ2v) is 6.08. The van der Waals surface area contributed by atoms with Crippen LogP contribution >= 0.6 is 0 Å². The van der Waals surface area contributed by atoms with Crippen LogP contribution in [0.4, 0.5) is 5.69 Å². The van der Waals surface area contributed by atoms with Crippen LogP contribution in [0, 0.1) is 18.3 Å². The molecule has 0 amide bonds. The Bertz CT molecular complexity index is 1040. The molecule has 1 unspecified atom stereocenters. The third-order valence-electron chi connectivity index (χ3n) is 4.41. The highest BCUT2D eigenvalue weighted by atomic mass is 16.5. The molecule has 1 aliphatic rings. The van der Waals surface area contributed by atoms with Crippen LogP contribution < -0.4 is 15.6 Å². The minimum absolute atomic E-state index is 0.0647. The second-order valence-electron chi connectivity index (χ2n) is 6.08. The zero-order chi connectivity index (χ0) is 19.0. The van der Waals surface area contributed by atoms with Gasteiger partial charge in [-0.2, -0.15) is 5.26 Å². The number of benzene rings is 1. The van der Waals surface area contributed by atoms with Crippen molar-refractivity contribution in [1.29, 1.82) is 5.26 Å². The average molecular weight is 351 g/mol. The van der Waals surface area contributed by atoms with E-state index in [0.717, 1.165) is 0 Å². The molecule has 0 fully saturated rings. The SMILES string of the molecule is COc1cc(C#N)ccc1C1C(C(=O)O)=C(C)Nc2cc(C)[nH]c(=O)c21. The summed E-state index contributed by atoms with van der Waals surface area (Å²) in [5.41, 5.74) is 2.58. The molecule has 0 saturated heterocycles. The number of aryl methyl sites for hydroxylation is 1. The summed E-state index contributed by atoms with van der Waals surface area (Å²) in [6.07, 6.45) is 0. The van der Waals surface area contributed by atoms with Crippen LogP contribution in [-0.2, 0) is 4.79 Å². The van der Waals surface area contributed by atoms with E-state index in [0.29, 0.717) is 39.5 Å². The number of carboxylic acids is 1. The standard InChI is InChI=1S/C19H17N3O4/c1-9-6-13-17(18(23)21-9)16(15(19(24)25)10(2)22-13)12-5-4-11(8-20)7-14(12)26-3/h4-7,16,22H,1-3H3,(H,21,23)(H,24,25). The van der Waals surface area contributed by atoms with E-state index in [1.807, 2.05) is 6.07 Å². The summed E-state index contributed by atoms with van der Waals surface area (Å²) >= 11 is 0. The summed E-state index contributed by atoms with van der Waals surface area (Å²) in [4.78, 5) is 27.3. The van der Waals surface area contributed by atoms with E-state index in [2.05, 4.69) is 10.3 Å². The Hall–Kier alpha value is -3.53. The number of nitrogens with one attached hydrogen (secondary N) is 2. The number of H-pyrrole nitrogens is 1. The van der Waals surface area contributed by atoms with Gasteiger partial charge in [0.25, 0.3) is 5.56 Å². The Kier molecular flexibility index (Phi) is 4.26. The monoisotopic (exact) mass is 351 g/mol. The molecule has 3 N–H and O–H groups in total. The Morgan fingerprint density at radius 1 is 1.31 bits per heavy atom. The van der Waals surface area contributed by atoms with Crippen LogP contribution in [0.1, 0.15) is 35.2 Å². The van der Waals surface area contributed by atoms with E-state index in [1.165, 1.54) is 13.2 Å². The number of carbonyl (C=O) groups is 1. The Morgan fingerprint density at radius 3 is 2.65 bits per heavy atom. The van der Waals surface area contributed by atoms with Crippen LogP contribution in [0.3, 0.4) is 0 Å². The number of ether oxygens (including phenoxy) is 1. The molecule has 1 aromatic heterocycles. The number of carboxylic acid groups (broad SMARTS) is 1. The first-order valence-corrected chi connectivity index (χ1v) is 7.90. The first kappa shape index (κ1) is 17.3. The molecule has 7 heteroatoms. The van der Waals surface area contributed by atoms with E-state index < -0.39 is 11.9 Å². The number of nitriles is 1. The van der Waals surface area contributed by atoms with E-state index >= 15 is 0 Å². The quantitative estimate of drug-likeness (QED) is 0.782. The van der Waals surface area contributed by atoms with Gasteiger partial charge in [-0.25, -0.2) is 4.79 Å². The van der Waals surface area contributed by atoms with Crippen LogP contribution in [-0.4, -0.2) is 23.2 Å². The number of allylic oxidation sites excluding steroid dienone is 1. The fourth-order valence-electron chi connectivity index (χ4n) is 3.33. The van der Waals surface area contributed by atoms with E-state index in [1.54, 1.807) is 32.0 Å². The maximum atomic E-state index is 12.7. The number of aromatic amines is 1. The van der Waals surface area contributed by atoms with Gasteiger partial charge in [0.15, 0.2) is 0 Å². The van der Waals surface area contributed by atoms with Gasteiger partial charge >= 0.3 is 5.97 Å². The lowest BCUT2D eigenvalue weighted by molar-refractivity contribution is -0.133. The first-order chi connectivity index (χ1) is 12.4. The van der Waals surface area contributed by atoms with Crippen molar-refractivity contribution in [3.8, 4) is 11.8 Å². The van der Waals surface area contributed by atoms with Crippen LogP contribution in [0.5, 0.6) is 5.75 Å². The Labute approximate surface area is 149 Å². The van der Waals surface area contributed by atoms with Crippen molar-refractivity contribution >= 4 is 11.7 Å². The molecule has 1 atom stereocenters. The third kappa shape index (κ3) is 2.71. The lowest BCUT2D eigenvalue weighted by atomic mass is 9.80. The first-order valence-electron chi connectivity index (χ1n) is 7.90. The average Bonchev–Trinajstić information content (AvgIpc) is 2.59. The van der Waals surface area contributed by atoms with Gasteiger partial charge in [-0.15, -0.1) is 0 Å². The Morgan fingerprint density at radius 2 is 2.04 bits per heavy atom. The molecule has 0 aliphatic carbocycles. The van der Waals surface area contributed by atoms with Crippen molar-refractivity contribution in [2.75, 3.05) is 12.4 Å². The Balaban J connectivity index is 2.36. The summed E-state index contributed by atoms with van der Waals surface area (Å²) in [6, 6.07) is 8.54. The van der Waals surface area contributed by atoms with Crippen molar-refractivity contribution in [2.45, 2.75) is 19.8 Å². The van der Waals surface area contributed by atoms with Crippen molar-refractivity contribution < 1.29 is 14.6 Å². The molecule has 26 heavy (non-hydrogen) atoms. The van der Waals surface area contributed by atoms with Crippen LogP contribution in [0.25, 0.3) is 0 Å². The molecule has 1 aliphatic heterocycles. The summed E-state index contributed by atoms with van der Waals surface area (Å²) in [6.45, 7) is 3.42. The molecule has 2 heterocycles. The molecule has 1 aromatic carbocycles. The lowest BCUT2D eigenvalue weighted by Crippen LogP contribution is -2.29. The number of nitrogens with zero attached hydrogens (tertiary/aromatic N) is 1. The van der Waals surface area contributed by atoms with Crippen molar-refractivity contribution in [3.63, 3.8) is 0 Å². The highest BCUT2D eigenvalue weighted by molar-refractivity contribution is 5.93. The largest absolute Gasteiger partial charge is 0.496 e. The van der Waals surface area contributed by atoms with Gasteiger partial charge in [0.05, 0.1) is 35.8 Å². The number of methoxy groups -OCH3 is 1. The van der Waals surface area contributed by atoms with Crippen molar-refractivity contribution in [2.24, 2.45) is 0 Å². The predicted octanol–water partition coefficient (Wildman–Crippen LogP) is 2.48. The molecule has 0 bridgehead atoms. The molecule has 0 radical (unpaired) electrons. The van der Waals surface area contributed by atoms with Gasteiger partial charge in [-0.1, -0.05) is 6.07 Å². The normalized spacial score (nSPS) is 15.7. The summed E-state index contributed by atoms with van der Waals surface area (Å²) in [5, 5.41) is 21.9. The lowest BCUT2D eigenvalue weighted by Gasteiger charge is -2.29. The maximum Gasteiger partial charge on any atom is 0.334 e. The number of pyridine rings is 1. The minimum Gasteiger partial charge on any atom is -0.496 e.